The molecule has 1 aromatic heterocycles. The second kappa shape index (κ2) is 7.57. The lowest BCUT2D eigenvalue weighted by molar-refractivity contribution is 0.119. The summed E-state index contributed by atoms with van der Waals surface area (Å²) in [5.74, 6) is 0.826. The Bertz CT molecular complexity index is 641. The van der Waals surface area contributed by atoms with E-state index in [0.717, 1.165) is 29.8 Å². The number of nitrogens with one attached hydrogen (secondary N) is 1. The van der Waals surface area contributed by atoms with Crippen LogP contribution in [-0.4, -0.2) is 37.4 Å². The Morgan fingerprint density at radius 1 is 1.26 bits per heavy atom. The van der Waals surface area contributed by atoms with Crippen LogP contribution in [0.25, 0.3) is 11.1 Å². The van der Waals surface area contributed by atoms with E-state index in [9.17, 15) is 0 Å². The molecule has 1 fully saturated rings. The van der Waals surface area contributed by atoms with Crippen molar-refractivity contribution in [3.05, 3.63) is 48.3 Å². The SMILES string of the molecule is COC(C)Cc1cccc(-c2cncc(OCC3CCN3)c2)c1. The topological polar surface area (TPSA) is 43.4 Å². The molecule has 1 aliphatic rings. The molecule has 23 heavy (non-hydrogen) atoms. The number of ether oxygens (including phenoxy) is 2. The van der Waals surface area contributed by atoms with E-state index < -0.39 is 0 Å². The zero-order valence-electron chi connectivity index (χ0n) is 13.8. The second-order valence-corrected chi connectivity index (χ2v) is 6.11. The van der Waals surface area contributed by atoms with Gasteiger partial charge in [-0.05, 0) is 43.5 Å². The van der Waals surface area contributed by atoms with Gasteiger partial charge in [-0.2, -0.15) is 0 Å². The van der Waals surface area contributed by atoms with E-state index in [4.69, 9.17) is 9.47 Å². The summed E-state index contributed by atoms with van der Waals surface area (Å²) in [6.07, 6.45) is 5.97. The first-order valence-corrected chi connectivity index (χ1v) is 8.18. The van der Waals surface area contributed by atoms with E-state index in [-0.39, 0.29) is 6.10 Å². The first-order chi connectivity index (χ1) is 11.2. The largest absolute Gasteiger partial charge is 0.490 e. The number of methoxy groups -OCH3 is 1. The summed E-state index contributed by atoms with van der Waals surface area (Å²) in [6.45, 7) is 3.88. The van der Waals surface area contributed by atoms with Crippen molar-refractivity contribution < 1.29 is 9.47 Å². The Kier molecular flexibility index (Phi) is 5.26. The maximum atomic E-state index is 5.84. The molecule has 2 aromatic rings. The van der Waals surface area contributed by atoms with Crippen molar-refractivity contribution in [2.24, 2.45) is 0 Å². The Morgan fingerprint density at radius 2 is 2.13 bits per heavy atom. The molecule has 2 atom stereocenters. The third-order valence-electron chi connectivity index (χ3n) is 4.28. The second-order valence-electron chi connectivity index (χ2n) is 6.11. The molecule has 4 heteroatoms. The molecular weight excluding hydrogens is 288 g/mol. The standard InChI is InChI=1S/C19H24N2O2/c1-14(22-2)8-15-4-3-5-16(9-15)17-10-19(12-20-11-17)23-13-18-6-7-21-18/h3-5,9-12,14,18,21H,6-8,13H2,1-2H3. The van der Waals surface area contributed by atoms with Crippen LogP contribution in [0.1, 0.15) is 18.9 Å². The molecule has 4 nitrogen and oxygen atoms in total. The van der Waals surface area contributed by atoms with Gasteiger partial charge in [0.25, 0.3) is 0 Å². The Balaban J connectivity index is 1.71. The van der Waals surface area contributed by atoms with Crippen molar-refractivity contribution in [3.8, 4) is 16.9 Å². The van der Waals surface area contributed by atoms with E-state index in [1.807, 2.05) is 6.20 Å². The van der Waals surface area contributed by atoms with E-state index in [2.05, 4.69) is 47.6 Å². The molecule has 122 valence electrons. The molecule has 1 aromatic carbocycles. The Hall–Kier alpha value is -1.91. The predicted octanol–water partition coefficient (Wildman–Crippen LogP) is 3.07. The van der Waals surface area contributed by atoms with E-state index in [0.29, 0.717) is 12.6 Å². The molecule has 1 aliphatic heterocycles. The molecule has 0 spiro atoms. The van der Waals surface area contributed by atoms with Crippen LogP contribution in [0.5, 0.6) is 5.75 Å². The molecule has 2 unspecified atom stereocenters. The number of nitrogens with zero attached hydrogens (tertiary/aromatic N) is 1. The van der Waals surface area contributed by atoms with Gasteiger partial charge in [0.2, 0.25) is 0 Å². The summed E-state index contributed by atoms with van der Waals surface area (Å²) in [4.78, 5) is 4.32. The van der Waals surface area contributed by atoms with Gasteiger partial charge in [-0.25, -0.2) is 0 Å². The molecule has 0 aliphatic carbocycles. The lowest BCUT2D eigenvalue weighted by Gasteiger charge is -2.27. The third-order valence-corrected chi connectivity index (χ3v) is 4.28. The van der Waals surface area contributed by atoms with Gasteiger partial charge in [-0.1, -0.05) is 24.3 Å². The van der Waals surface area contributed by atoms with Gasteiger partial charge in [0.05, 0.1) is 12.3 Å². The van der Waals surface area contributed by atoms with Gasteiger partial charge in [-0.15, -0.1) is 0 Å². The fraction of sp³-hybridized carbons (Fsp3) is 0.421. The summed E-state index contributed by atoms with van der Waals surface area (Å²) >= 11 is 0. The highest BCUT2D eigenvalue weighted by Crippen LogP contribution is 2.24. The first kappa shape index (κ1) is 16.0. The van der Waals surface area contributed by atoms with E-state index in [1.54, 1.807) is 13.3 Å². The summed E-state index contributed by atoms with van der Waals surface area (Å²) in [7, 11) is 1.75. The van der Waals surface area contributed by atoms with Crippen molar-refractivity contribution in [3.63, 3.8) is 0 Å². The fourth-order valence-electron chi connectivity index (χ4n) is 2.64. The zero-order valence-corrected chi connectivity index (χ0v) is 13.8. The molecule has 3 rings (SSSR count). The lowest BCUT2D eigenvalue weighted by Crippen LogP contribution is -2.46. The number of benzene rings is 1. The van der Waals surface area contributed by atoms with Crippen LogP contribution in [0, 0.1) is 0 Å². The minimum Gasteiger partial charge on any atom is -0.490 e. The summed E-state index contributed by atoms with van der Waals surface area (Å²) < 4.78 is 11.2. The predicted molar refractivity (Wildman–Crippen MR) is 91.8 cm³/mol. The summed E-state index contributed by atoms with van der Waals surface area (Å²) in [5.41, 5.74) is 3.50. The number of aromatic nitrogens is 1. The highest BCUT2D eigenvalue weighted by molar-refractivity contribution is 5.64. The van der Waals surface area contributed by atoms with E-state index >= 15 is 0 Å². The number of hydrogen-bond acceptors (Lipinski definition) is 4. The molecular formula is C19H24N2O2. The smallest absolute Gasteiger partial charge is 0.138 e. The minimum absolute atomic E-state index is 0.216. The minimum atomic E-state index is 0.216. The normalized spacial score (nSPS) is 18.3. The molecule has 1 saturated heterocycles. The zero-order chi connectivity index (χ0) is 16.1. The maximum absolute atomic E-state index is 5.84. The van der Waals surface area contributed by atoms with Crippen molar-refractivity contribution in [2.45, 2.75) is 31.9 Å². The molecule has 0 radical (unpaired) electrons. The van der Waals surface area contributed by atoms with Crippen molar-refractivity contribution in [1.82, 2.24) is 10.3 Å². The third kappa shape index (κ3) is 4.30. The quantitative estimate of drug-likeness (QED) is 0.853. The van der Waals surface area contributed by atoms with Crippen LogP contribution in [0.2, 0.25) is 0 Å². The van der Waals surface area contributed by atoms with Gasteiger partial charge >= 0.3 is 0 Å². The van der Waals surface area contributed by atoms with Crippen LogP contribution in [-0.2, 0) is 11.2 Å². The molecule has 0 bridgehead atoms. The first-order valence-electron chi connectivity index (χ1n) is 8.18. The van der Waals surface area contributed by atoms with Crippen LogP contribution in [0.4, 0.5) is 0 Å². The molecule has 0 amide bonds. The van der Waals surface area contributed by atoms with Gasteiger partial charge in [-0.3, -0.25) is 4.98 Å². The molecule has 2 heterocycles. The number of rotatable bonds is 7. The highest BCUT2D eigenvalue weighted by Gasteiger charge is 2.16. The van der Waals surface area contributed by atoms with Crippen molar-refractivity contribution >= 4 is 0 Å². The van der Waals surface area contributed by atoms with Gasteiger partial charge in [0, 0.05) is 24.9 Å². The maximum Gasteiger partial charge on any atom is 0.138 e. The van der Waals surface area contributed by atoms with Gasteiger partial charge in [0.15, 0.2) is 0 Å². The average molecular weight is 312 g/mol. The van der Waals surface area contributed by atoms with Crippen LogP contribution in [0.15, 0.2) is 42.7 Å². The Morgan fingerprint density at radius 3 is 2.87 bits per heavy atom. The number of pyridine rings is 1. The highest BCUT2D eigenvalue weighted by atomic mass is 16.5. The van der Waals surface area contributed by atoms with Crippen molar-refractivity contribution in [1.29, 1.82) is 0 Å². The molecule has 0 saturated carbocycles. The van der Waals surface area contributed by atoms with Gasteiger partial charge < -0.3 is 14.8 Å². The average Bonchev–Trinajstić information content (AvgIpc) is 2.54. The van der Waals surface area contributed by atoms with Crippen LogP contribution >= 0.6 is 0 Å². The van der Waals surface area contributed by atoms with Crippen molar-refractivity contribution in [2.75, 3.05) is 20.3 Å². The summed E-state index contributed by atoms with van der Waals surface area (Å²) in [6, 6.07) is 11.1. The summed E-state index contributed by atoms with van der Waals surface area (Å²) in [5, 5.41) is 3.34. The van der Waals surface area contributed by atoms with Gasteiger partial charge in [0.1, 0.15) is 12.4 Å². The monoisotopic (exact) mass is 312 g/mol. The molecule has 1 N–H and O–H groups in total. The Labute approximate surface area is 137 Å². The fourth-order valence-corrected chi connectivity index (χ4v) is 2.64. The van der Waals surface area contributed by atoms with Crippen LogP contribution < -0.4 is 10.1 Å². The lowest BCUT2D eigenvalue weighted by atomic mass is 10.0. The van der Waals surface area contributed by atoms with E-state index in [1.165, 1.54) is 12.0 Å². The van der Waals surface area contributed by atoms with Crippen LogP contribution in [0.3, 0.4) is 0 Å². The number of hydrogen-bond donors (Lipinski definition) is 1.